The highest BCUT2D eigenvalue weighted by molar-refractivity contribution is 5.59. The molecule has 0 saturated carbocycles. The number of aliphatic hydroxyl groups excluding tert-OH is 3. The molecular formula is C7H12O7. The highest BCUT2D eigenvalue weighted by atomic mass is 16.7. The van der Waals surface area contributed by atoms with Crippen molar-refractivity contribution in [3.63, 3.8) is 0 Å². The van der Waals surface area contributed by atoms with E-state index in [1.165, 1.54) is 0 Å². The highest BCUT2D eigenvalue weighted by Gasteiger charge is 2.42. The molecule has 0 aromatic heterocycles. The van der Waals surface area contributed by atoms with Crippen LogP contribution in [0.4, 0.5) is 4.79 Å². The molecule has 0 aromatic carbocycles. The molecule has 1 unspecified atom stereocenters. The van der Waals surface area contributed by atoms with Crippen molar-refractivity contribution >= 4 is 6.16 Å². The number of carbonyl (C=O) groups excluding carboxylic acids is 1. The Morgan fingerprint density at radius 2 is 2.00 bits per heavy atom. The van der Waals surface area contributed by atoms with E-state index in [0.29, 0.717) is 0 Å². The number of ether oxygens (including phenoxy) is 3. The van der Waals surface area contributed by atoms with Gasteiger partial charge in [0, 0.05) is 0 Å². The van der Waals surface area contributed by atoms with Crippen LogP contribution < -0.4 is 0 Å². The molecule has 14 heavy (non-hydrogen) atoms. The maximum atomic E-state index is 10.5. The maximum Gasteiger partial charge on any atom is 0.508 e. The Labute approximate surface area is 79.8 Å². The minimum absolute atomic E-state index is 0.290. The summed E-state index contributed by atoms with van der Waals surface area (Å²) in [4.78, 5) is 10.5. The third-order valence-electron chi connectivity index (χ3n) is 1.87. The second-order valence-corrected chi connectivity index (χ2v) is 2.81. The van der Waals surface area contributed by atoms with E-state index in [0.717, 1.165) is 7.11 Å². The van der Waals surface area contributed by atoms with Crippen LogP contribution in [0.2, 0.25) is 0 Å². The van der Waals surface area contributed by atoms with Gasteiger partial charge in [0.1, 0.15) is 24.9 Å². The minimum atomic E-state index is -1.46. The van der Waals surface area contributed by atoms with Gasteiger partial charge in [-0.05, 0) is 0 Å². The van der Waals surface area contributed by atoms with Crippen LogP contribution in [0.5, 0.6) is 0 Å². The SMILES string of the molecule is COC(=O)OC[C@H]1OC(O)[C@H](O)[C@@H]1O. The predicted molar refractivity (Wildman–Crippen MR) is 41.3 cm³/mol. The lowest BCUT2D eigenvalue weighted by Gasteiger charge is -2.13. The summed E-state index contributed by atoms with van der Waals surface area (Å²) in [7, 11) is 1.14. The Morgan fingerprint density at radius 1 is 1.36 bits per heavy atom. The standard InChI is InChI=1S/C7H12O7/c1-12-7(11)13-2-3-4(8)5(9)6(10)14-3/h3-6,8-10H,2H2,1H3/t3-,4-,5-,6?/m1/s1. The van der Waals surface area contributed by atoms with Gasteiger partial charge in [0.25, 0.3) is 0 Å². The van der Waals surface area contributed by atoms with E-state index in [-0.39, 0.29) is 6.61 Å². The lowest BCUT2D eigenvalue weighted by molar-refractivity contribution is -0.134. The van der Waals surface area contributed by atoms with Gasteiger partial charge in [0.05, 0.1) is 7.11 Å². The van der Waals surface area contributed by atoms with E-state index >= 15 is 0 Å². The van der Waals surface area contributed by atoms with Crippen molar-refractivity contribution in [2.75, 3.05) is 13.7 Å². The van der Waals surface area contributed by atoms with E-state index in [9.17, 15) is 9.90 Å². The van der Waals surface area contributed by atoms with Crippen molar-refractivity contribution in [2.24, 2.45) is 0 Å². The molecule has 3 N–H and O–H groups in total. The monoisotopic (exact) mass is 208 g/mol. The zero-order valence-corrected chi connectivity index (χ0v) is 7.49. The molecule has 0 spiro atoms. The summed E-state index contributed by atoms with van der Waals surface area (Å²) in [6, 6.07) is 0. The topological polar surface area (TPSA) is 105 Å². The fourth-order valence-corrected chi connectivity index (χ4v) is 1.08. The molecule has 0 aromatic rings. The first kappa shape index (κ1) is 11.2. The number of rotatable bonds is 2. The van der Waals surface area contributed by atoms with Gasteiger partial charge >= 0.3 is 6.16 Å². The zero-order valence-electron chi connectivity index (χ0n) is 7.49. The van der Waals surface area contributed by atoms with E-state index in [4.69, 9.17) is 14.9 Å². The molecule has 1 fully saturated rings. The van der Waals surface area contributed by atoms with E-state index in [1.807, 2.05) is 0 Å². The van der Waals surface area contributed by atoms with Crippen molar-refractivity contribution < 1.29 is 34.3 Å². The number of methoxy groups -OCH3 is 1. The van der Waals surface area contributed by atoms with Gasteiger partial charge in [0.15, 0.2) is 6.29 Å². The van der Waals surface area contributed by atoms with Crippen LogP contribution in [0, 0.1) is 0 Å². The van der Waals surface area contributed by atoms with Gasteiger partial charge < -0.3 is 29.5 Å². The lowest BCUT2D eigenvalue weighted by atomic mass is 10.1. The van der Waals surface area contributed by atoms with Crippen LogP contribution in [-0.2, 0) is 14.2 Å². The maximum absolute atomic E-state index is 10.5. The average molecular weight is 208 g/mol. The second-order valence-electron chi connectivity index (χ2n) is 2.81. The third kappa shape index (κ3) is 2.32. The number of hydrogen-bond acceptors (Lipinski definition) is 7. The summed E-state index contributed by atoms with van der Waals surface area (Å²) in [5.74, 6) is 0. The van der Waals surface area contributed by atoms with Crippen LogP contribution in [0.25, 0.3) is 0 Å². The molecule has 0 radical (unpaired) electrons. The second kappa shape index (κ2) is 4.56. The average Bonchev–Trinajstić information content (AvgIpc) is 2.42. The van der Waals surface area contributed by atoms with Crippen molar-refractivity contribution in [1.82, 2.24) is 0 Å². The molecule has 1 saturated heterocycles. The van der Waals surface area contributed by atoms with Crippen molar-refractivity contribution in [2.45, 2.75) is 24.6 Å². The Balaban J connectivity index is 2.36. The molecule has 7 nitrogen and oxygen atoms in total. The molecule has 4 atom stereocenters. The van der Waals surface area contributed by atoms with Gasteiger partial charge in [-0.25, -0.2) is 4.79 Å². The Kier molecular flexibility index (Phi) is 3.64. The summed E-state index contributed by atoms with van der Waals surface area (Å²) in [6.45, 7) is -0.290. The van der Waals surface area contributed by atoms with Gasteiger partial charge in [-0.15, -0.1) is 0 Å². The number of aliphatic hydroxyl groups is 3. The first-order chi connectivity index (χ1) is 6.56. The smallest absolute Gasteiger partial charge is 0.438 e. The number of hydrogen-bond donors (Lipinski definition) is 3. The van der Waals surface area contributed by atoms with Crippen LogP contribution in [0.3, 0.4) is 0 Å². The first-order valence-corrected chi connectivity index (χ1v) is 3.96. The molecule has 82 valence electrons. The van der Waals surface area contributed by atoms with Crippen LogP contribution in [0.1, 0.15) is 0 Å². The van der Waals surface area contributed by atoms with Gasteiger partial charge in [0.2, 0.25) is 0 Å². The van der Waals surface area contributed by atoms with Crippen molar-refractivity contribution in [3.05, 3.63) is 0 Å². The summed E-state index contributed by atoms with van der Waals surface area (Å²) in [5.41, 5.74) is 0. The van der Waals surface area contributed by atoms with E-state index in [2.05, 4.69) is 9.47 Å². The normalized spacial score (nSPS) is 36.9. The molecule has 0 amide bonds. The van der Waals surface area contributed by atoms with Crippen molar-refractivity contribution in [1.29, 1.82) is 0 Å². The molecule has 0 aliphatic carbocycles. The lowest BCUT2D eigenvalue weighted by Crippen LogP contribution is -2.34. The van der Waals surface area contributed by atoms with Gasteiger partial charge in [-0.2, -0.15) is 0 Å². The fraction of sp³-hybridized carbons (Fsp3) is 0.857. The summed E-state index contributed by atoms with van der Waals surface area (Å²) in [6.07, 6.45) is -6.00. The molecule has 0 bridgehead atoms. The quantitative estimate of drug-likeness (QED) is 0.460. The summed E-state index contributed by atoms with van der Waals surface area (Å²) >= 11 is 0. The minimum Gasteiger partial charge on any atom is -0.438 e. The van der Waals surface area contributed by atoms with Crippen LogP contribution >= 0.6 is 0 Å². The summed E-state index contributed by atoms with van der Waals surface area (Å²) < 4.78 is 13.4. The molecule has 1 aliphatic rings. The first-order valence-electron chi connectivity index (χ1n) is 3.96. The molecule has 1 aliphatic heterocycles. The largest absolute Gasteiger partial charge is 0.508 e. The summed E-state index contributed by atoms with van der Waals surface area (Å²) in [5, 5.41) is 27.3. The Bertz CT molecular complexity index is 206. The van der Waals surface area contributed by atoms with Gasteiger partial charge in [-0.1, -0.05) is 0 Å². The fourth-order valence-electron chi connectivity index (χ4n) is 1.08. The molecule has 1 heterocycles. The highest BCUT2D eigenvalue weighted by Crippen LogP contribution is 2.19. The third-order valence-corrected chi connectivity index (χ3v) is 1.87. The molecule has 1 rings (SSSR count). The Hall–Kier alpha value is -0.890. The van der Waals surface area contributed by atoms with Gasteiger partial charge in [-0.3, -0.25) is 0 Å². The van der Waals surface area contributed by atoms with Crippen LogP contribution in [-0.4, -0.2) is 59.8 Å². The zero-order chi connectivity index (χ0) is 10.7. The Morgan fingerprint density at radius 3 is 2.43 bits per heavy atom. The van der Waals surface area contributed by atoms with Crippen molar-refractivity contribution in [3.8, 4) is 0 Å². The van der Waals surface area contributed by atoms with E-state index < -0.39 is 30.8 Å². The molecular weight excluding hydrogens is 196 g/mol. The van der Waals surface area contributed by atoms with E-state index in [1.54, 1.807) is 0 Å². The molecule has 7 heteroatoms. The number of carbonyl (C=O) groups is 1. The van der Waals surface area contributed by atoms with Crippen LogP contribution in [0.15, 0.2) is 0 Å². The predicted octanol–water partition coefficient (Wildman–Crippen LogP) is -1.79.